The van der Waals surface area contributed by atoms with E-state index in [1.165, 1.54) is 20.5 Å². The average molecular weight is 352 g/mol. The SMILES string of the molecule is CC(NCc1csc(Br)c1)c1ccc(C(C)(C)C)cc1. The Morgan fingerprint density at radius 3 is 2.35 bits per heavy atom. The Labute approximate surface area is 134 Å². The summed E-state index contributed by atoms with van der Waals surface area (Å²) in [7, 11) is 0. The lowest BCUT2D eigenvalue weighted by molar-refractivity contribution is 0.570. The van der Waals surface area contributed by atoms with E-state index in [1.54, 1.807) is 11.3 Å². The predicted molar refractivity (Wildman–Crippen MR) is 92.4 cm³/mol. The molecule has 0 saturated heterocycles. The Kier molecular flexibility index (Phi) is 5.05. The lowest BCUT2D eigenvalue weighted by atomic mass is 9.86. The van der Waals surface area contributed by atoms with Gasteiger partial charge in [-0.1, -0.05) is 45.0 Å². The van der Waals surface area contributed by atoms with Crippen LogP contribution in [0.25, 0.3) is 0 Å². The summed E-state index contributed by atoms with van der Waals surface area (Å²) in [4.78, 5) is 0. The Morgan fingerprint density at radius 2 is 1.85 bits per heavy atom. The molecule has 1 unspecified atom stereocenters. The summed E-state index contributed by atoms with van der Waals surface area (Å²) in [5.74, 6) is 0. The summed E-state index contributed by atoms with van der Waals surface area (Å²) >= 11 is 5.23. The third-order valence-corrected chi connectivity index (χ3v) is 5.06. The van der Waals surface area contributed by atoms with E-state index < -0.39 is 0 Å². The third-order valence-electron chi connectivity index (χ3n) is 3.51. The molecule has 2 aromatic rings. The van der Waals surface area contributed by atoms with Gasteiger partial charge in [-0.15, -0.1) is 11.3 Å². The molecule has 20 heavy (non-hydrogen) atoms. The molecule has 0 aliphatic rings. The second kappa shape index (κ2) is 6.42. The second-order valence-electron chi connectivity index (χ2n) is 6.23. The molecular weight excluding hydrogens is 330 g/mol. The van der Waals surface area contributed by atoms with Crippen molar-refractivity contribution >= 4 is 27.3 Å². The number of nitrogens with one attached hydrogen (secondary N) is 1. The fourth-order valence-electron chi connectivity index (χ4n) is 2.10. The summed E-state index contributed by atoms with van der Waals surface area (Å²) in [6.07, 6.45) is 0. The Morgan fingerprint density at radius 1 is 1.20 bits per heavy atom. The largest absolute Gasteiger partial charge is 0.306 e. The van der Waals surface area contributed by atoms with Gasteiger partial charge in [0.2, 0.25) is 0 Å². The molecule has 1 heterocycles. The monoisotopic (exact) mass is 351 g/mol. The van der Waals surface area contributed by atoms with Crippen LogP contribution in [0.1, 0.15) is 50.4 Å². The highest BCUT2D eigenvalue weighted by Crippen LogP contribution is 2.24. The van der Waals surface area contributed by atoms with Gasteiger partial charge in [0.05, 0.1) is 3.79 Å². The minimum atomic E-state index is 0.220. The maximum atomic E-state index is 3.57. The Hall–Kier alpha value is -0.640. The van der Waals surface area contributed by atoms with Gasteiger partial charge in [-0.3, -0.25) is 0 Å². The first-order chi connectivity index (χ1) is 9.36. The van der Waals surface area contributed by atoms with Crippen LogP contribution in [-0.4, -0.2) is 0 Å². The highest BCUT2D eigenvalue weighted by atomic mass is 79.9. The molecule has 0 bridgehead atoms. The summed E-state index contributed by atoms with van der Waals surface area (Å²) in [5, 5.41) is 5.76. The quantitative estimate of drug-likeness (QED) is 0.749. The molecule has 3 heteroatoms. The zero-order chi connectivity index (χ0) is 14.8. The van der Waals surface area contributed by atoms with Crippen molar-refractivity contribution in [3.8, 4) is 0 Å². The van der Waals surface area contributed by atoms with Crippen LogP contribution in [-0.2, 0) is 12.0 Å². The first-order valence-electron chi connectivity index (χ1n) is 6.93. The van der Waals surface area contributed by atoms with E-state index in [4.69, 9.17) is 0 Å². The molecule has 0 amide bonds. The maximum absolute atomic E-state index is 3.57. The molecule has 1 aromatic carbocycles. The highest BCUT2D eigenvalue weighted by molar-refractivity contribution is 9.11. The van der Waals surface area contributed by atoms with E-state index in [2.05, 4.69) is 84.7 Å². The first-order valence-corrected chi connectivity index (χ1v) is 8.60. The second-order valence-corrected chi connectivity index (χ2v) is 8.52. The number of halogens is 1. The molecule has 2 rings (SSSR count). The van der Waals surface area contributed by atoms with E-state index in [1.807, 2.05) is 0 Å². The minimum absolute atomic E-state index is 0.220. The van der Waals surface area contributed by atoms with E-state index in [-0.39, 0.29) is 5.41 Å². The summed E-state index contributed by atoms with van der Waals surface area (Å²) in [5.41, 5.74) is 4.28. The fourth-order valence-corrected chi connectivity index (χ4v) is 3.31. The van der Waals surface area contributed by atoms with Crippen molar-refractivity contribution in [1.82, 2.24) is 5.32 Å². The van der Waals surface area contributed by atoms with Gasteiger partial charge in [0.1, 0.15) is 0 Å². The Balaban J connectivity index is 1.97. The standard InChI is InChI=1S/C17H22BrNS/c1-12(19-10-13-9-16(18)20-11-13)14-5-7-15(8-6-14)17(2,3)4/h5-9,11-12,19H,10H2,1-4H3. The molecule has 1 nitrogen and oxygen atoms in total. The van der Waals surface area contributed by atoms with Crippen LogP contribution in [0, 0.1) is 0 Å². The lowest BCUT2D eigenvalue weighted by Gasteiger charge is -2.20. The van der Waals surface area contributed by atoms with E-state index in [0.29, 0.717) is 6.04 Å². The molecule has 0 saturated carbocycles. The summed E-state index contributed by atoms with van der Waals surface area (Å²) < 4.78 is 1.19. The molecule has 0 spiro atoms. The van der Waals surface area contributed by atoms with Crippen LogP contribution in [0.5, 0.6) is 0 Å². The minimum Gasteiger partial charge on any atom is -0.306 e. The molecule has 1 aromatic heterocycles. The number of thiophene rings is 1. The topological polar surface area (TPSA) is 12.0 Å². The molecule has 0 radical (unpaired) electrons. The molecule has 0 fully saturated rings. The smallest absolute Gasteiger partial charge is 0.0701 e. The molecular formula is C17H22BrNS. The van der Waals surface area contributed by atoms with E-state index in [0.717, 1.165) is 6.54 Å². The van der Waals surface area contributed by atoms with Gasteiger partial charge in [0, 0.05) is 12.6 Å². The number of rotatable bonds is 4. The molecule has 0 aliphatic heterocycles. The van der Waals surface area contributed by atoms with E-state index >= 15 is 0 Å². The first kappa shape index (κ1) is 15.7. The van der Waals surface area contributed by atoms with Crippen LogP contribution in [0.3, 0.4) is 0 Å². The van der Waals surface area contributed by atoms with Crippen molar-refractivity contribution in [2.45, 2.75) is 45.7 Å². The van der Waals surface area contributed by atoms with Crippen LogP contribution in [0.4, 0.5) is 0 Å². The number of hydrogen-bond donors (Lipinski definition) is 1. The van der Waals surface area contributed by atoms with Gasteiger partial charge in [0.25, 0.3) is 0 Å². The lowest BCUT2D eigenvalue weighted by Crippen LogP contribution is -2.18. The van der Waals surface area contributed by atoms with Crippen LogP contribution in [0.15, 0.2) is 39.5 Å². The zero-order valence-electron chi connectivity index (χ0n) is 12.5. The van der Waals surface area contributed by atoms with Gasteiger partial charge in [0.15, 0.2) is 0 Å². The molecule has 108 valence electrons. The summed E-state index contributed by atoms with van der Waals surface area (Å²) in [6.45, 7) is 9.87. The third kappa shape index (κ3) is 4.18. The molecule has 1 N–H and O–H groups in total. The van der Waals surface area contributed by atoms with Crippen molar-refractivity contribution in [3.05, 3.63) is 56.2 Å². The summed E-state index contributed by atoms with van der Waals surface area (Å²) in [6, 6.07) is 11.5. The van der Waals surface area contributed by atoms with E-state index in [9.17, 15) is 0 Å². The van der Waals surface area contributed by atoms with Crippen molar-refractivity contribution in [2.75, 3.05) is 0 Å². The molecule has 1 atom stereocenters. The van der Waals surface area contributed by atoms with Gasteiger partial charge in [-0.2, -0.15) is 0 Å². The number of benzene rings is 1. The fraction of sp³-hybridized carbons (Fsp3) is 0.412. The van der Waals surface area contributed by atoms with Gasteiger partial charge < -0.3 is 5.32 Å². The van der Waals surface area contributed by atoms with Crippen LogP contribution >= 0.6 is 27.3 Å². The van der Waals surface area contributed by atoms with Crippen LogP contribution < -0.4 is 5.32 Å². The van der Waals surface area contributed by atoms with Crippen molar-refractivity contribution in [2.24, 2.45) is 0 Å². The maximum Gasteiger partial charge on any atom is 0.0701 e. The van der Waals surface area contributed by atoms with Gasteiger partial charge in [-0.25, -0.2) is 0 Å². The highest BCUT2D eigenvalue weighted by Gasteiger charge is 2.14. The van der Waals surface area contributed by atoms with Gasteiger partial charge >= 0.3 is 0 Å². The van der Waals surface area contributed by atoms with Crippen molar-refractivity contribution < 1.29 is 0 Å². The van der Waals surface area contributed by atoms with Crippen LogP contribution in [0.2, 0.25) is 0 Å². The molecule has 0 aliphatic carbocycles. The van der Waals surface area contributed by atoms with Crippen molar-refractivity contribution in [1.29, 1.82) is 0 Å². The predicted octanol–water partition coefficient (Wildman–Crippen LogP) is 5.66. The normalized spacial score (nSPS) is 13.4. The average Bonchev–Trinajstić information content (AvgIpc) is 2.81. The zero-order valence-corrected chi connectivity index (χ0v) is 14.9. The Bertz CT molecular complexity index is 551. The number of hydrogen-bond acceptors (Lipinski definition) is 2. The van der Waals surface area contributed by atoms with Gasteiger partial charge in [-0.05, 0) is 56.4 Å². The van der Waals surface area contributed by atoms with Crippen molar-refractivity contribution in [3.63, 3.8) is 0 Å².